The summed E-state index contributed by atoms with van der Waals surface area (Å²) in [5.74, 6) is 0. The second kappa shape index (κ2) is 12.1. The van der Waals surface area contributed by atoms with Crippen LogP contribution in [0.15, 0.2) is 60.7 Å². The van der Waals surface area contributed by atoms with Gasteiger partial charge in [-0.05, 0) is 11.1 Å². The summed E-state index contributed by atoms with van der Waals surface area (Å²) in [4.78, 5) is -0.343. The zero-order valence-electron chi connectivity index (χ0n) is 17.0. The second-order valence-corrected chi connectivity index (χ2v) is 32.1. The minimum Gasteiger partial charge on any atom is -0.0848 e. The molecule has 36 heavy (non-hydrogen) atoms. The molecule has 0 radical (unpaired) electrons. The van der Waals surface area contributed by atoms with Crippen molar-refractivity contribution in [2.45, 2.75) is 32.9 Å². The molecule has 3 unspecified atom stereocenters. The van der Waals surface area contributed by atoms with Crippen molar-refractivity contribution < 1.29 is 0 Å². The largest absolute Gasteiger partial charge is 0.134 e. The minimum absolute atomic E-state index is 0.343. The van der Waals surface area contributed by atoms with Gasteiger partial charge in [0.2, 0.25) is 0 Å². The molecule has 3 rings (SSSR count). The lowest BCUT2D eigenvalue weighted by Crippen LogP contribution is -2.80. The Balaban J connectivity index is 2.46. The van der Waals surface area contributed by atoms with Crippen LogP contribution in [-0.4, -0.2) is 25.3 Å². The average Bonchev–Trinajstić information content (AvgIpc) is 2.82. The Labute approximate surface area is 337 Å². The maximum Gasteiger partial charge on any atom is 0.134 e. The summed E-state index contributed by atoms with van der Waals surface area (Å²) in [6.45, 7) is 0. The summed E-state index contributed by atoms with van der Waals surface area (Å²) >= 11 is 60.9. The van der Waals surface area contributed by atoms with E-state index in [1.54, 1.807) is 0 Å². The van der Waals surface area contributed by atoms with Gasteiger partial charge in [-0.3, -0.25) is 0 Å². The Hall–Kier alpha value is 5.64. The van der Waals surface area contributed by atoms with Gasteiger partial charge in [-0.25, -0.2) is 0 Å². The Morgan fingerprint density at radius 3 is 1.33 bits per heavy atom. The first-order valence-electron chi connectivity index (χ1n) is 9.51. The summed E-state index contributed by atoms with van der Waals surface area (Å²) in [6, 6.07) is 20.4. The van der Waals surface area contributed by atoms with Crippen LogP contribution in [0.2, 0.25) is 0 Å². The first kappa shape index (κ1) is 36.1. The molecule has 15 heteroatoms. The highest BCUT2D eigenvalue weighted by atomic mass is 79.9. The molecule has 0 spiro atoms. The predicted octanol–water partition coefficient (Wildman–Crippen LogP) is 14.3. The lowest BCUT2D eigenvalue weighted by atomic mass is 9.77. The van der Waals surface area contributed by atoms with Gasteiger partial charge < -0.3 is 0 Å². The van der Waals surface area contributed by atoms with Crippen molar-refractivity contribution in [2.24, 2.45) is 0 Å². The van der Waals surface area contributed by atoms with Crippen LogP contribution >= 0.6 is 239 Å². The van der Waals surface area contributed by atoms with Gasteiger partial charge in [0.05, 0.1) is 9.15 Å². The molecule has 1 aliphatic rings. The number of hydrogen-bond donors (Lipinski definition) is 0. The van der Waals surface area contributed by atoms with Gasteiger partial charge in [0.1, 0.15) is 23.7 Å². The molecule has 2 aromatic rings. The summed E-state index contributed by atoms with van der Waals surface area (Å²) in [5.41, 5.74) is 2.00. The number of hydrogen-bond acceptors (Lipinski definition) is 0. The molecule has 0 N–H and O–H groups in total. The zero-order chi connectivity index (χ0) is 27.8. The zero-order valence-corrected chi connectivity index (χ0v) is 40.8. The Morgan fingerprint density at radius 1 is 0.528 bits per heavy atom. The monoisotopic (exact) mass is 1450 g/mol. The van der Waals surface area contributed by atoms with Crippen LogP contribution in [0.1, 0.15) is 11.1 Å². The Morgan fingerprint density at radius 2 is 0.917 bits per heavy atom. The number of halogens is 15. The molecule has 0 nitrogen and oxygen atoms in total. The van der Waals surface area contributed by atoms with Crippen LogP contribution in [0.25, 0.3) is 0 Å². The van der Waals surface area contributed by atoms with Crippen LogP contribution in [0.3, 0.4) is 0 Å². The molecule has 1 saturated carbocycles. The number of benzene rings is 2. The molecule has 1 fully saturated rings. The van der Waals surface area contributed by atoms with Crippen LogP contribution in [-0.2, 0) is 7.56 Å². The molecule has 2 aromatic carbocycles. The molecule has 200 valence electrons. The Bertz CT molecular complexity index is 1100. The summed E-state index contributed by atoms with van der Waals surface area (Å²) in [6.07, 6.45) is 0. The quantitative estimate of drug-likeness (QED) is 0.262. The van der Waals surface area contributed by atoms with Gasteiger partial charge in [-0.15, -0.1) is 0 Å². The highest BCUT2D eigenvalue weighted by molar-refractivity contribution is 9.35. The minimum atomic E-state index is -0.999. The molecule has 0 aliphatic heterocycles. The fraction of sp³-hybridized carbons (Fsp3) is 0.429. The average molecular weight is 1460 g/mol. The molecular weight excluding hydrogens is 1450 g/mol. The van der Waals surface area contributed by atoms with E-state index in [9.17, 15) is 0 Å². The smallest absolute Gasteiger partial charge is 0.0848 e. The topological polar surface area (TPSA) is 0 Å². The van der Waals surface area contributed by atoms with Crippen LogP contribution in [0.4, 0.5) is 0 Å². The molecule has 0 bridgehead atoms. The van der Waals surface area contributed by atoms with Crippen molar-refractivity contribution in [2.75, 3.05) is 0 Å². The highest BCUT2D eigenvalue weighted by Gasteiger charge is 2.85. The first-order chi connectivity index (χ1) is 16.1. The third-order valence-corrected chi connectivity index (χ3v) is 37.0. The van der Waals surface area contributed by atoms with Gasteiger partial charge in [-0.1, -0.05) is 300 Å². The predicted molar refractivity (Wildman–Crippen MR) is 210 cm³/mol. The third-order valence-electron chi connectivity index (χ3n) is 5.96. The summed E-state index contributed by atoms with van der Waals surface area (Å²) in [7, 11) is 0. The van der Waals surface area contributed by atoms with Crippen molar-refractivity contribution in [3.63, 3.8) is 0 Å². The van der Waals surface area contributed by atoms with E-state index in [4.69, 9.17) is 0 Å². The number of alkyl halides is 15. The molecule has 1 aliphatic carbocycles. The van der Waals surface area contributed by atoms with E-state index in [1.165, 1.54) is 0 Å². The molecule has 0 aromatic heterocycles. The molecule has 0 heterocycles. The first-order valence-corrected chi connectivity index (χ1v) is 21.5. The molecule has 0 saturated heterocycles. The van der Waals surface area contributed by atoms with Crippen LogP contribution in [0, 0.1) is 0 Å². The molecule has 0 amide bonds. The van der Waals surface area contributed by atoms with Gasteiger partial charge in [0, 0.05) is 0 Å². The summed E-state index contributed by atoms with van der Waals surface area (Å²) < 4.78 is -7.02. The van der Waals surface area contributed by atoms with Crippen molar-refractivity contribution in [1.29, 1.82) is 0 Å². The van der Waals surface area contributed by atoms with E-state index >= 15 is 0 Å². The van der Waals surface area contributed by atoms with E-state index in [0.29, 0.717) is 0 Å². The maximum atomic E-state index is 4.26. The van der Waals surface area contributed by atoms with Crippen molar-refractivity contribution in [3.05, 3.63) is 71.8 Å². The SMILES string of the molecule is BrC1C(Br)(Br)C(Br)(Br)C(Br)(Br)C(Br)(Br)C1(Br)C(Br)(Br)C(Br)(c1ccccc1)C(Br)(Br)c1ccccc1. The number of rotatable bonds is 5. The summed E-state index contributed by atoms with van der Waals surface area (Å²) in [5, 5.41) is 0. The van der Waals surface area contributed by atoms with Crippen molar-refractivity contribution in [1.82, 2.24) is 0 Å². The normalized spacial score (nSPS) is 28.8. The van der Waals surface area contributed by atoms with Gasteiger partial charge >= 0.3 is 0 Å². The standard InChI is InChI=1S/C21H11Br15/c22-13-15(24,19(31,32)21(35,36)20(33,34)17(13,27)28)18(29,30)14(23,11-7-3-1-4-8-11)16(25,26)12-9-5-2-6-10-12/h1-10,13H. The van der Waals surface area contributed by atoms with E-state index in [0.717, 1.165) is 11.1 Å². The van der Waals surface area contributed by atoms with Crippen LogP contribution in [0.5, 0.6) is 0 Å². The van der Waals surface area contributed by atoms with Crippen LogP contribution < -0.4 is 0 Å². The van der Waals surface area contributed by atoms with E-state index in [-0.39, 0.29) is 4.83 Å². The fourth-order valence-electron chi connectivity index (χ4n) is 3.88. The van der Waals surface area contributed by atoms with Crippen molar-refractivity contribution in [3.8, 4) is 0 Å². The van der Waals surface area contributed by atoms with Gasteiger partial charge in [0.25, 0.3) is 0 Å². The fourth-order valence-corrected chi connectivity index (χ4v) is 23.1. The third kappa shape index (κ3) is 5.01. The lowest BCUT2D eigenvalue weighted by Gasteiger charge is -2.68. The Kier molecular flexibility index (Phi) is 12.1. The molecular formula is C21H11Br15. The van der Waals surface area contributed by atoms with E-state index in [2.05, 4.69) is 263 Å². The maximum absolute atomic E-state index is 4.26. The van der Waals surface area contributed by atoms with E-state index in [1.807, 2.05) is 36.4 Å². The van der Waals surface area contributed by atoms with E-state index < -0.39 is 28.0 Å². The van der Waals surface area contributed by atoms with Gasteiger partial charge in [0.15, 0.2) is 0 Å². The second-order valence-electron chi connectivity index (χ2n) is 7.96. The van der Waals surface area contributed by atoms with Crippen molar-refractivity contribution >= 4 is 239 Å². The lowest BCUT2D eigenvalue weighted by molar-refractivity contribution is 0.356. The molecule has 3 atom stereocenters. The highest BCUT2D eigenvalue weighted by Crippen LogP contribution is 2.83. The van der Waals surface area contributed by atoms with Gasteiger partial charge in [-0.2, -0.15) is 0 Å².